The van der Waals surface area contributed by atoms with Crippen LogP contribution in [0, 0.1) is 0 Å². The number of nitrogen functional groups attached to an aromatic ring is 1. The molecule has 4 heterocycles. The van der Waals surface area contributed by atoms with Crippen molar-refractivity contribution in [2.45, 2.75) is 22.7 Å². The van der Waals surface area contributed by atoms with Crippen molar-refractivity contribution in [2.24, 2.45) is 5.16 Å². The number of β-lactam (4-membered cyclic amide) rings is 1. The van der Waals surface area contributed by atoms with E-state index < -0.39 is 17.9 Å². The largest absolute Gasteiger partial charge is 0.462 e. The second-order valence-electron chi connectivity index (χ2n) is 7.91. The van der Waals surface area contributed by atoms with E-state index in [0.717, 1.165) is 21.4 Å². The number of ether oxygens (including phenoxy) is 1. The summed E-state index contributed by atoms with van der Waals surface area (Å²) in [6.07, 6.45) is 1.83. The lowest BCUT2D eigenvalue weighted by Crippen LogP contribution is -2.69. The molecule has 2 aromatic heterocycles. The first-order chi connectivity index (χ1) is 18.9. The van der Waals surface area contributed by atoms with Gasteiger partial charge in [0.1, 0.15) is 16.9 Å². The van der Waals surface area contributed by atoms with Gasteiger partial charge in [0.2, 0.25) is 11.5 Å². The Morgan fingerprint density at radius 1 is 1.36 bits per heavy atom. The van der Waals surface area contributed by atoms with Crippen molar-refractivity contribution in [1.29, 1.82) is 0 Å². The van der Waals surface area contributed by atoms with E-state index in [9.17, 15) is 14.4 Å². The van der Waals surface area contributed by atoms with Crippen LogP contribution in [0.15, 0.2) is 51.0 Å². The molecule has 2 amide bonds. The van der Waals surface area contributed by atoms with Crippen LogP contribution in [0.1, 0.15) is 23.1 Å². The molecule has 3 N–H and O–H groups in total. The highest BCUT2D eigenvalue weighted by atomic mass is 32.2. The highest BCUT2D eigenvalue weighted by molar-refractivity contribution is 8.01. The van der Waals surface area contributed by atoms with Gasteiger partial charge in [-0.3, -0.25) is 9.59 Å². The van der Waals surface area contributed by atoms with Crippen LogP contribution in [0.3, 0.4) is 0 Å². The Morgan fingerprint density at radius 2 is 2.23 bits per heavy atom. The number of fused-ring (bicyclic) bond motifs is 1. The minimum Gasteiger partial charge on any atom is -0.462 e. The van der Waals surface area contributed by atoms with Crippen molar-refractivity contribution < 1.29 is 24.0 Å². The highest BCUT2D eigenvalue weighted by Gasteiger charge is 2.49. The molecule has 1 fully saturated rings. The van der Waals surface area contributed by atoms with Gasteiger partial charge < -0.3 is 25.5 Å². The average Bonchev–Trinajstić information content (AvgIpc) is 3.63. The summed E-state index contributed by atoms with van der Waals surface area (Å²) in [7, 11) is 0. The van der Waals surface area contributed by atoms with Crippen molar-refractivity contribution >= 4 is 75.0 Å². The van der Waals surface area contributed by atoms with Gasteiger partial charge in [0.05, 0.1) is 12.2 Å². The number of aromatic nitrogens is 4. The molecular weight excluding hydrogens is 585 g/mol. The third-order valence-electron chi connectivity index (χ3n) is 5.30. The van der Waals surface area contributed by atoms with Crippen molar-refractivity contribution in [3.8, 4) is 5.75 Å². The molecule has 1 saturated heterocycles. The van der Waals surface area contributed by atoms with Gasteiger partial charge in [0, 0.05) is 29.2 Å². The standard InChI is InChI=1S/C22H20N8O5S4/c1-2-34-20(33)12-4-3-5-13(6-12)35-28-14(16-26-21(23)39-29-16)17(31)25-15-18(32)30-7-11(8-36-19(15)30)9-37-22-27-24-10-38-22/h3-7,10,15,19H,2,8-9H2,1H3,(H,25,31)(H2,23,26,29)/t15?,19-/m0/s1. The zero-order chi connectivity index (χ0) is 27.4. The number of nitrogens with two attached hydrogens (primary N) is 1. The molecule has 0 saturated carbocycles. The number of hydrogen-bond donors (Lipinski definition) is 2. The fourth-order valence-corrected chi connectivity index (χ4v) is 6.81. The predicted octanol–water partition coefficient (Wildman–Crippen LogP) is 2.01. The van der Waals surface area contributed by atoms with E-state index >= 15 is 0 Å². The number of carbonyl (C=O) groups is 3. The second kappa shape index (κ2) is 12.1. The summed E-state index contributed by atoms with van der Waals surface area (Å²) >= 11 is 5.47. The van der Waals surface area contributed by atoms with E-state index in [1.54, 1.807) is 59.1 Å². The van der Waals surface area contributed by atoms with Crippen molar-refractivity contribution in [2.75, 3.05) is 23.8 Å². The van der Waals surface area contributed by atoms with Crippen LogP contribution in [-0.4, -0.2) is 77.5 Å². The number of benzene rings is 1. The lowest BCUT2D eigenvalue weighted by molar-refractivity contribution is -0.143. The van der Waals surface area contributed by atoms with Crippen LogP contribution in [-0.2, 0) is 14.3 Å². The smallest absolute Gasteiger partial charge is 0.338 e. The maximum atomic E-state index is 13.2. The average molecular weight is 605 g/mol. The van der Waals surface area contributed by atoms with Crippen LogP contribution in [0.2, 0.25) is 0 Å². The monoisotopic (exact) mass is 604 g/mol. The number of rotatable bonds is 10. The molecule has 202 valence electrons. The number of carbonyl (C=O) groups excluding carboxylic acids is 3. The van der Waals surface area contributed by atoms with Gasteiger partial charge in [0.25, 0.3) is 11.8 Å². The lowest BCUT2D eigenvalue weighted by Gasteiger charge is -2.47. The van der Waals surface area contributed by atoms with Gasteiger partial charge in [-0.15, -0.1) is 22.0 Å². The van der Waals surface area contributed by atoms with E-state index in [4.69, 9.17) is 15.3 Å². The number of amides is 2. The van der Waals surface area contributed by atoms with Gasteiger partial charge in [-0.1, -0.05) is 34.3 Å². The molecule has 2 atom stereocenters. The summed E-state index contributed by atoms with van der Waals surface area (Å²) in [6, 6.07) is 5.38. The summed E-state index contributed by atoms with van der Waals surface area (Å²) in [4.78, 5) is 49.2. The number of esters is 1. The topological polar surface area (TPSA) is 175 Å². The molecule has 2 aliphatic rings. The Labute approximate surface area is 238 Å². The van der Waals surface area contributed by atoms with Crippen LogP contribution < -0.4 is 15.9 Å². The predicted molar refractivity (Wildman–Crippen MR) is 148 cm³/mol. The number of nitrogens with zero attached hydrogens (tertiary/aromatic N) is 6. The van der Waals surface area contributed by atoms with Crippen LogP contribution in [0.4, 0.5) is 5.13 Å². The van der Waals surface area contributed by atoms with Gasteiger partial charge >= 0.3 is 5.97 Å². The molecule has 2 aliphatic heterocycles. The summed E-state index contributed by atoms with van der Waals surface area (Å²) in [5.74, 6) is 0.0734. The molecule has 5 rings (SSSR count). The minimum absolute atomic E-state index is 0.0487. The molecule has 0 radical (unpaired) electrons. The van der Waals surface area contributed by atoms with E-state index in [0.29, 0.717) is 11.5 Å². The van der Waals surface area contributed by atoms with Crippen LogP contribution in [0.5, 0.6) is 5.75 Å². The fraction of sp³-hybridized carbons (Fsp3) is 0.273. The number of hydrogen-bond acceptors (Lipinski definition) is 15. The number of oxime groups is 1. The molecule has 1 unspecified atom stereocenters. The Kier molecular flexibility index (Phi) is 8.39. The third kappa shape index (κ3) is 6.21. The third-order valence-corrected chi connectivity index (χ3v) is 9.19. The van der Waals surface area contributed by atoms with E-state index in [-0.39, 0.29) is 45.9 Å². The maximum Gasteiger partial charge on any atom is 0.338 e. The Balaban J connectivity index is 1.27. The first kappa shape index (κ1) is 27.0. The molecule has 0 aliphatic carbocycles. The molecule has 3 aromatic rings. The summed E-state index contributed by atoms with van der Waals surface area (Å²) in [6.45, 7) is 1.93. The number of anilines is 1. The summed E-state index contributed by atoms with van der Waals surface area (Å²) in [5.41, 5.74) is 8.46. The zero-order valence-corrected chi connectivity index (χ0v) is 23.4. The summed E-state index contributed by atoms with van der Waals surface area (Å²) in [5, 5.41) is 14.4. The molecule has 17 heteroatoms. The van der Waals surface area contributed by atoms with E-state index in [2.05, 4.69) is 30.0 Å². The summed E-state index contributed by atoms with van der Waals surface area (Å²) < 4.78 is 9.92. The van der Waals surface area contributed by atoms with Gasteiger partial charge in [-0.25, -0.2) is 4.79 Å². The SMILES string of the molecule is CCOC(=O)c1cccc(ON=C(C(=O)NC2C(=O)N3C=C(CSc4nncs4)CS[C@@H]23)c2nsc(N)n2)c1. The van der Waals surface area contributed by atoms with E-state index in [1.807, 2.05) is 6.20 Å². The molecule has 1 aromatic carbocycles. The number of thioether (sulfide) groups is 2. The fourth-order valence-electron chi connectivity index (χ4n) is 3.54. The normalized spacial score (nSPS) is 18.6. The minimum atomic E-state index is -0.760. The van der Waals surface area contributed by atoms with Crippen LogP contribution >= 0.6 is 46.4 Å². The molecular formula is C22H20N8O5S4. The Bertz CT molecular complexity index is 1440. The quantitative estimate of drug-likeness (QED) is 0.113. The lowest BCUT2D eigenvalue weighted by atomic mass is 10.1. The molecule has 0 bridgehead atoms. The Hall–Kier alpha value is -3.54. The van der Waals surface area contributed by atoms with Crippen molar-refractivity contribution in [3.05, 3.63) is 52.9 Å². The first-order valence-corrected chi connectivity index (χ1v) is 15.1. The van der Waals surface area contributed by atoms with Gasteiger partial charge in [0.15, 0.2) is 15.2 Å². The first-order valence-electron chi connectivity index (χ1n) is 11.4. The maximum absolute atomic E-state index is 13.2. The Morgan fingerprint density at radius 3 is 2.97 bits per heavy atom. The molecule has 39 heavy (non-hydrogen) atoms. The zero-order valence-electron chi connectivity index (χ0n) is 20.2. The number of nitrogens with one attached hydrogen (secondary N) is 1. The molecule has 13 nitrogen and oxygen atoms in total. The van der Waals surface area contributed by atoms with Gasteiger partial charge in [-0.05, 0) is 30.7 Å². The van der Waals surface area contributed by atoms with Crippen LogP contribution in [0.25, 0.3) is 0 Å². The molecule has 0 spiro atoms. The highest BCUT2D eigenvalue weighted by Crippen LogP contribution is 2.37. The van der Waals surface area contributed by atoms with E-state index in [1.165, 1.54) is 17.4 Å². The van der Waals surface area contributed by atoms with Gasteiger partial charge in [-0.2, -0.15) is 9.36 Å². The van der Waals surface area contributed by atoms with Crippen molar-refractivity contribution in [1.82, 2.24) is 29.8 Å². The van der Waals surface area contributed by atoms with Crippen molar-refractivity contribution in [3.63, 3.8) is 0 Å². The second-order valence-corrected chi connectivity index (χ2v) is 11.9.